The molecule has 0 aromatic rings. The van der Waals surface area contributed by atoms with Crippen LogP contribution >= 0.6 is 0 Å². The maximum absolute atomic E-state index is 11.1. The second kappa shape index (κ2) is 12.4. The lowest BCUT2D eigenvalue weighted by Crippen LogP contribution is -2.21. The molecule has 0 aliphatic carbocycles. The SMILES string of the molecule is CCNC(=O)CCCCCCCCCCC(=O)O. The zero-order valence-corrected chi connectivity index (χ0v) is 11.5. The summed E-state index contributed by atoms with van der Waals surface area (Å²) in [4.78, 5) is 21.4. The molecule has 0 bridgehead atoms. The number of carboxylic acid groups (broad SMARTS) is 1. The highest BCUT2D eigenvalue weighted by atomic mass is 16.4. The number of carbonyl (C=O) groups excluding carboxylic acids is 1. The van der Waals surface area contributed by atoms with Gasteiger partial charge in [-0.2, -0.15) is 0 Å². The first kappa shape index (κ1) is 16.9. The van der Waals surface area contributed by atoms with Gasteiger partial charge in [0.1, 0.15) is 0 Å². The first-order valence-electron chi connectivity index (χ1n) is 7.15. The molecule has 4 heteroatoms. The first-order chi connectivity index (χ1) is 8.66. The zero-order valence-electron chi connectivity index (χ0n) is 11.5. The highest BCUT2D eigenvalue weighted by Crippen LogP contribution is 2.10. The van der Waals surface area contributed by atoms with E-state index in [4.69, 9.17) is 5.11 Å². The van der Waals surface area contributed by atoms with Crippen molar-refractivity contribution >= 4 is 11.9 Å². The van der Waals surface area contributed by atoms with Crippen molar-refractivity contribution in [2.24, 2.45) is 0 Å². The minimum absolute atomic E-state index is 0.158. The van der Waals surface area contributed by atoms with Gasteiger partial charge in [0.05, 0.1) is 0 Å². The number of carboxylic acids is 1. The van der Waals surface area contributed by atoms with Crippen molar-refractivity contribution in [3.8, 4) is 0 Å². The summed E-state index contributed by atoms with van der Waals surface area (Å²) in [7, 11) is 0. The van der Waals surface area contributed by atoms with Gasteiger partial charge in [-0.3, -0.25) is 9.59 Å². The fourth-order valence-corrected chi connectivity index (χ4v) is 1.91. The van der Waals surface area contributed by atoms with Crippen molar-refractivity contribution in [2.75, 3.05) is 6.54 Å². The Morgan fingerprint density at radius 1 is 0.833 bits per heavy atom. The number of unbranched alkanes of at least 4 members (excludes halogenated alkanes) is 7. The minimum Gasteiger partial charge on any atom is -0.481 e. The maximum atomic E-state index is 11.1. The monoisotopic (exact) mass is 257 g/mol. The van der Waals surface area contributed by atoms with Gasteiger partial charge in [0, 0.05) is 19.4 Å². The van der Waals surface area contributed by atoms with Crippen molar-refractivity contribution in [3.05, 3.63) is 0 Å². The fraction of sp³-hybridized carbons (Fsp3) is 0.857. The van der Waals surface area contributed by atoms with Crippen LogP contribution in [0.2, 0.25) is 0 Å². The van der Waals surface area contributed by atoms with Gasteiger partial charge in [0.2, 0.25) is 5.91 Å². The van der Waals surface area contributed by atoms with E-state index in [9.17, 15) is 9.59 Å². The molecule has 0 aromatic carbocycles. The Bertz CT molecular complexity index is 229. The predicted octanol–water partition coefficient (Wildman–Crippen LogP) is 3.11. The second-order valence-electron chi connectivity index (χ2n) is 4.68. The van der Waals surface area contributed by atoms with Gasteiger partial charge in [-0.1, -0.05) is 38.5 Å². The highest BCUT2D eigenvalue weighted by Gasteiger charge is 1.99. The Hall–Kier alpha value is -1.06. The minimum atomic E-state index is -0.694. The first-order valence-corrected chi connectivity index (χ1v) is 7.15. The molecule has 0 spiro atoms. The lowest BCUT2D eigenvalue weighted by molar-refractivity contribution is -0.137. The van der Waals surface area contributed by atoms with Crippen molar-refractivity contribution < 1.29 is 14.7 Å². The summed E-state index contributed by atoms with van der Waals surface area (Å²) in [5.41, 5.74) is 0. The molecule has 18 heavy (non-hydrogen) atoms. The number of amides is 1. The molecule has 1 amide bonds. The molecule has 0 rings (SSSR count). The third-order valence-electron chi connectivity index (χ3n) is 2.92. The Kier molecular flexibility index (Phi) is 11.7. The van der Waals surface area contributed by atoms with Crippen LogP contribution in [0.15, 0.2) is 0 Å². The van der Waals surface area contributed by atoms with E-state index >= 15 is 0 Å². The molecule has 0 atom stereocenters. The van der Waals surface area contributed by atoms with Crippen LogP contribution in [0.4, 0.5) is 0 Å². The zero-order chi connectivity index (χ0) is 13.6. The van der Waals surface area contributed by atoms with Crippen LogP contribution in [-0.4, -0.2) is 23.5 Å². The third kappa shape index (κ3) is 13.0. The summed E-state index contributed by atoms with van der Waals surface area (Å²) in [6.45, 7) is 2.65. The molecule has 106 valence electrons. The Labute approximate surface area is 110 Å². The van der Waals surface area contributed by atoms with E-state index in [1.54, 1.807) is 0 Å². The van der Waals surface area contributed by atoms with E-state index in [1.165, 1.54) is 19.3 Å². The Morgan fingerprint density at radius 2 is 1.28 bits per heavy atom. The van der Waals surface area contributed by atoms with Crippen LogP contribution in [-0.2, 0) is 9.59 Å². The smallest absolute Gasteiger partial charge is 0.303 e. The van der Waals surface area contributed by atoms with E-state index < -0.39 is 5.97 Å². The van der Waals surface area contributed by atoms with E-state index in [1.807, 2.05) is 6.92 Å². The van der Waals surface area contributed by atoms with E-state index in [0.717, 1.165) is 38.6 Å². The topological polar surface area (TPSA) is 66.4 Å². The number of hydrogen-bond donors (Lipinski definition) is 2. The molecule has 2 N–H and O–H groups in total. The second-order valence-corrected chi connectivity index (χ2v) is 4.68. The average molecular weight is 257 g/mol. The predicted molar refractivity (Wildman–Crippen MR) is 72.5 cm³/mol. The van der Waals surface area contributed by atoms with E-state index in [2.05, 4.69) is 5.32 Å². The van der Waals surface area contributed by atoms with Crippen molar-refractivity contribution in [2.45, 2.75) is 71.1 Å². The van der Waals surface area contributed by atoms with Crippen LogP contribution in [0.25, 0.3) is 0 Å². The average Bonchev–Trinajstić information content (AvgIpc) is 2.31. The van der Waals surface area contributed by atoms with Gasteiger partial charge in [-0.15, -0.1) is 0 Å². The molecule has 0 saturated heterocycles. The number of carbonyl (C=O) groups is 2. The summed E-state index contributed by atoms with van der Waals surface area (Å²) in [6.07, 6.45) is 9.54. The standard InChI is InChI=1S/C14H27NO3/c1-2-15-13(16)11-9-7-5-3-4-6-8-10-12-14(17)18/h2-12H2,1H3,(H,15,16)(H,17,18). The Morgan fingerprint density at radius 3 is 1.72 bits per heavy atom. The molecule has 0 unspecified atom stereocenters. The maximum Gasteiger partial charge on any atom is 0.303 e. The van der Waals surface area contributed by atoms with Crippen LogP contribution in [0.3, 0.4) is 0 Å². The number of rotatable bonds is 12. The molecule has 0 fully saturated rings. The molecular weight excluding hydrogens is 230 g/mol. The van der Waals surface area contributed by atoms with Crippen molar-refractivity contribution in [3.63, 3.8) is 0 Å². The summed E-state index contributed by atoms with van der Waals surface area (Å²) >= 11 is 0. The number of nitrogens with one attached hydrogen (secondary N) is 1. The molecule has 0 heterocycles. The van der Waals surface area contributed by atoms with Gasteiger partial charge in [-0.05, 0) is 19.8 Å². The van der Waals surface area contributed by atoms with Crippen LogP contribution < -0.4 is 5.32 Å². The van der Waals surface area contributed by atoms with Crippen LogP contribution in [0.5, 0.6) is 0 Å². The van der Waals surface area contributed by atoms with Crippen LogP contribution in [0.1, 0.15) is 71.1 Å². The molecule has 0 aromatic heterocycles. The summed E-state index contributed by atoms with van der Waals surface area (Å²) in [5.74, 6) is -0.536. The molecule has 4 nitrogen and oxygen atoms in total. The number of hydrogen-bond acceptors (Lipinski definition) is 2. The van der Waals surface area contributed by atoms with Gasteiger partial charge in [0.25, 0.3) is 0 Å². The third-order valence-corrected chi connectivity index (χ3v) is 2.92. The van der Waals surface area contributed by atoms with Gasteiger partial charge < -0.3 is 10.4 Å². The quantitative estimate of drug-likeness (QED) is 0.528. The normalized spacial score (nSPS) is 10.3. The lowest BCUT2D eigenvalue weighted by atomic mass is 10.1. The Balaban J connectivity index is 3.07. The van der Waals surface area contributed by atoms with Crippen molar-refractivity contribution in [1.82, 2.24) is 5.32 Å². The largest absolute Gasteiger partial charge is 0.481 e. The van der Waals surface area contributed by atoms with Gasteiger partial charge in [-0.25, -0.2) is 0 Å². The summed E-state index contributed by atoms with van der Waals surface area (Å²) in [6, 6.07) is 0. The van der Waals surface area contributed by atoms with E-state index in [0.29, 0.717) is 12.8 Å². The molecular formula is C14H27NO3. The summed E-state index contributed by atoms with van der Waals surface area (Å²) < 4.78 is 0. The molecule has 0 aliphatic rings. The van der Waals surface area contributed by atoms with E-state index in [-0.39, 0.29) is 5.91 Å². The number of aliphatic carboxylic acids is 1. The lowest BCUT2D eigenvalue weighted by Gasteiger charge is -2.03. The van der Waals surface area contributed by atoms with Crippen LogP contribution in [0, 0.1) is 0 Å². The molecule has 0 radical (unpaired) electrons. The van der Waals surface area contributed by atoms with Gasteiger partial charge >= 0.3 is 5.97 Å². The fourth-order valence-electron chi connectivity index (χ4n) is 1.91. The van der Waals surface area contributed by atoms with Crippen molar-refractivity contribution in [1.29, 1.82) is 0 Å². The van der Waals surface area contributed by atoms with Gasteiger partial charge in [0.15, 0.2) is 0 Å². The summed E-state index contributed by atoms with van der Waals surface area (Å²) in [5, 5.41) is 11.3. The molecule has 0 saturated carbocycles. The highest BCUT2D eigenvalue weighted by molar-refractivity contribution is 5.75. The molecule has 0 aliphatic heterocycles.